The second-order valence-corrected chi connectivity index (χ2v) is 9.49. The molecule has 2 amide bonds. The van der Waals surface area contributed by atoms with Gasteiger partial charge in [0.2, 0.25) is 11.9 Å². The van der Waals surface area contributed by atoms with E-state index in [0.29, 0.717) is 24.4 Å². The van der Waals surface area contributed by atoms with Crippen molar-refractivity contribution in [2.45, 2.75) is 38.5 Å². The molecule has 190 valence electrons. The molecule has 2 aromatic heterocycles. The van der Waals surface area contributed by atoms with Crippen molar-refractivity contribution >= 4 is 17.8 Å². The molecule has 8 nitrogen and oxygen atoms in total. The van der Waals surface area contributed by atoms with Crippen LogP contribution in [0.25, 0.3) is 16.8 Å². The third-order valence-electron chi connectivity index (χ3n) is 6.71. The van der Waals surface area contributed by atoms with E-state index in [1.807, 2.05) is 77.4 Å². The molecule has 0 aliphatic carbocycles. The lowest BCUT2D eigenvalue weighted by atomic mass is 10.1. The lowest BCUT2D eigenvalue weighted by Crippen LogP contribution is -2.35. The zero-order chi connectivity index (χ0) is 25.6. The largest absolute Gasteiger partial charge is 0.343 e. The van der Waals surface area contributed by atoms with Crippen LogP contribution in [0.1, 0.15) is 48.2 Å². The van der Waals surface area contributed by atoms with Crippen molar-refractivity contribution in [1.82, 2.24) is 24.2 Å². The fourth-order valence-corrected chi connectivity index (χ4v) is 4.73. The Balaban J connectivity index is 1.31. The van der Waals surface area contributed by atoms with Crippen LogP contribution in [0.2, 0.25) is 0 Å². The molecule has 2 aromatic carbocycles. The van der Waals surface area contributed by atoms with Gasteiger partial charge in [0.25, 0.3) is 5.91 Å². The molecule has 0 saturated carbocycles. The Kier molecular flexibility index (Phi) is 7.44. The standard InChI is InChI=1S/C29H32N6O2/c1-33-20-24(19-30-33)22-10-8-11-23(18-22)28(37)32-29-31-25(21-35(29)26-13-4-2-5-14-26)12-9-15-27(36)34-16-6-3-7-17-34/h2,4-5,8,10-11,13-14,18-21H,3,6-7,9,12,15-17H2,1H3,(H,31,32,37). The number of hydrogen-bond acceptors (Lipinski definition) is 4. The normalized spacial score (nSPS) is 13.5. The van der Waals surface area contributed by atoms with Gasteiger partial charge >= 0.3 is 0 Å². The maximum atomic E-state index is 13.2. The first-order valence-electron chi connectivity index (χ1n) is 12.9. The average Bonchev–Trinajstić information content (AvgIpc) is 3.55. The van der Waals surface area contributed by atoms with Crippen molar-refractivity contribution in [3.63, 3.8) is 0 Å². The van der Waals surface area contributed by atoms with Crippen molar-refractivity contribution in [3.05, 3.63) is 84.4 Å². The number of imidazole rings is 1. The number of anilines is 1. The molecule has 4 aromatic rings. The summed E-state index contributed by atoms with van der Waals surface area (Å²) in [4.78, 5) is 32.5. The highest BCUT2D eigenvalue weighted by atomic mass is 16.2. The van der Waals surface area contributed by atoms with Crippen LogP contribution in [0.4, 0.5) is 5.95 Å². The van der Waals surface area contributed by atoms with Crippen LogP contribution in [0, 0.1) is 0 Å². The highest BCUT2D eigenvalue weighted by Gasteiger charge is 2.18. The Morgan fingerprint density at radius 3 is 2.51 bits per heavy atom. The zero-order valence-electron chi connectivity index (χ0n) is 21.1. The molecule has 1 aliphatic rings. The van der Waals surface area contributed by atoms with E-state index in [4.69, 9.17) is 4.98 Å². The summed E-state index contributed by atoms with van der Waals surface area (Å²) in [6.45, 7) is 1.75. The van der Waals surface area contributed by atoms with Gasteiger partial charge in [-0.1, -0.05) is 30.3 Å². The summed E-state index contributed by atoms with van der Waals surface area (Å²) in [5, 5.41) is 7.22. The number of amides is 2. The fourth-order valence-electron chi connectivity index (χ4n) is 4.73. The number of carbonyl (C=O) groups is 2. The van der Waals surface area contributed by atoms with E-state index in [-0.39, 0.29) is 11.8 Å². The van der Waals surface area contributed by atoms with Gasteiger partial charge in [-0.05, 0) is 61.9 Å². The van der Waals surface area contributed by atoms with E-state index in [9.17, 15) is 9.59 Å². The summed E-state index contributed by atoms with van der Waals surface area (Å²) >= 11 is 0. The second-order valence-electron chi connectivity index (χ2n) is 9.49. The number of para-hydroxylation sites is 1. The predicted octanol–water partition coefficient (Wildman–Crippen LogP) is 4.86. The number of nitrogens with zero attached hydrogens (tertiary/aromatic N) is 5. The minimum atomic E-state index is -0.236. The molecule has 37 heavy (non-hydrogen) atoms. The molecule has 1 N–H and O–H groups in total. The fraction of sp³-hybridized carbons (Fsp3) is 0.310. The highest BCUT2D eigenvalue weighted by molar-refractivity contribution is 6.04. The van der Waals surface area contributed by atoms with Crippen LogP contribution >= 0.6 is 0 Å². The van der Waals surface area contributed by atoms with Gasteiger partial charge in [0.15, 0.2) is 0 Å². The maximum Gasteiger partial charge on any atom is 0.258 e. The molecule has 8 heteroatoms. The Hall–Kier alpha value is -4.20. The van der Waals surface area contributed by atoms with Gasteiger partial charge in [-0.2, -0.15) is 5.10 Å². The summed E-state index contributed by atoms with van der Waals surface area (Å²) in [6.07, 6.45) is 11.0. The molecular formula is C29H32N6O2. The SMILES string of the molecule is Cn1cc(-c2cccc(C(=O)Nc3nc(CCCC(=O)N4CCCCC4)cn3-c3ccccc3)c2)cn1. The second kappa shape index (κ2) is 11.2. The van der Waals surface area contributed by atoms with Crippen molar-refractivity contribution in [2.75, 3.05) is 18.4 Å². The molecular weight excluding hydrogens is 464 g/mol. The van der Waals surface area contributed by atoms with E-state index in [2.05, 4.69) is 10.4 Å². The number of carbonyl (C=O) groups excluding carboxylic acids is 2. The number of aryl methyl sites for hydroxylation is 2. The molecule has 1 aliphatic heterocycles. The molecule has 0 unspecified atom stereocenters. The molecule has 3 heterocycles. The number of likely N-dealkylation sites (tertiary alicyclic amines) is 1. The van der Waals surface area contributed by atoms with Gasteiger partial charge in [-0.25, -0.2) is 4.98 Å². The average molecular weight is 497 g/mol. The van der Waals surface area contributed by atoms with Crippen LogP contribution in [-0.2, 0) is 18.3 Å². The third-order valence-corrected chi connectivity index (χ3v) is 6.71. The molecule has 0 bridgehead atoms. The number of aromatic nitrogens is 4. The Morgan fingerprint density at radius 1 is 0.946 bits per heavy atom. The van der Waals surface area contributed by atoms with Gasteiger partial charge in [0, 0.05) is 55.8 Å². The van der Waals surface area contributed by atoms with E-state index in [0.717, 1.165) is 54.9 Å². The Bertz CT molecular complexity index is 1370. The van der Waals surface area contributed by atoms with Crippen LogP contribution in [-0.4, -0.2) is 49.1 Å². The first-order valence-corrected chi connectivity index (χ1v) is 12.9. The van der Waals surface area contributed by atoms with Gasteiger partial charge < -0.3 is 4.90 Å². The number of nitrogens with one attached hydrogen (secondary N) is 1. The van der Waals surface area contributed by atoms with Crippen LogP contribution in [0.3, 0.4) is 0 Å². The number of piperidine rings is 1. The molecule has 1 fully saturated rings. The quantitative estimate of drug-likeness (QED) is 0.378. The van der Waals surface area contributed by atoms with Crippen molar-refractivity contribution in [3.8, 4) is 16.8 Å². The molecule has 1 saturated heterocycles. The first kappa shape index (κ1) is 24.5. The van der Waals surface area contributed by atoms with Crippen LogP contribution < -0.4 is 5.32 Å². The predicted molar refractivity (Wildman–Crippen MR) is 144 cm³/mol. The van der Waals surface area contributed by atoms with Crippen molar-refractivity contribution in [1.29, 1.82) is 0 Å². The molecule has 5 rings (SSSR count). The third kappa shape index (κ3) is 5.97. The lowest BCUT2D eigenvalue weighted by Gasteiger charge is -2.26. The topological polar surface area (TPSA) is 85.0 Å². The summed E-state index contributed by atoms with van der Waals surface area (Å²) < 4.78 is 3.63. The molecule has 0 radical (unpaired) electrons. The molecule has 0 spiro atoms. The Labute approximate surface area is 216 Å². The van der Waals surface area contributed by atoms with Gasteiger partial charge in [0.05, 0.1) is 11.9 Å². The van der Waals surface area contributed by atoms with E-state index < -0.39 is 0 Å². The lowest BCUT2D eigenvalue weighted by molar-refractivity contribution is -0.132. The highest BCUT2D eigenvalue weighted by Crippen LogP contribution is 2.22. The van der Waals surface area contributed by atoms with Gasteiger partial charge in [0.1, 0.15) is 0 Å². The number of benzene rings is 2. The van der Waals surface area contributed by atoms with Gasteiger partial charge in [-0.3, -0.25) is 24.2 Å². The minimum Gasteiger partial charge on any atom is -0.343 e. The van der Waals surface area contributed by atoms with Crippen LogP contribution in [0.5, 0.6) is 0 Å². The van der Waals surface area contributed by atoms with Gasteiger partial charge in [-0.15, -0.1) is 0 Å². The van der Waals surface area contributed by atoms with E-state index in [1.54, 1.807) is 16.9 Å². The van der Waals surface area contributed by atoms with E-state index >= 15 is 0 Å². The van der Waals surface area contributed by atoms with Crippen molar-refractivity contribution in [2.24, 2.45) is 7.05 Å². The van der Waals surface area contributed by atoms with Crippen LogP contribution in [0.15, 0.2) is 73.2 Å². The summed E-state index contributed by atoms with van der Waals surface area (Å²) in [5.74, 6) is 0.449. The smallest absolute Gasteiger partial charge is 0.258 e. The number of rotatable bonds is 8. The zero-order valence-corrected chi connectivity index (χ0v) is 21.1. The Morgan fingerprint density at radius 2 is 1.76 bits per heavy atom. The summed E-state index contributed by atoms with van der Waals surface area (Å²) in [7, 11) is 1.87. The van der Waals surface area contributed by atoms with E-state index in [1.165, 1.54) is 6.42 Å². The first-order chi connectivity index (χ1) is 18.1. The minimum absolute atomic E-state index is 0.226. The summed E-state index contributed by atoms with van der Waals surface area (Å²) in [6, 6.07) is 17.3. The summed E-state index contributed by atoms with van der Waals surface area (Å²) in [5.41, 5.74) is 4.16. The van der Waals surface area contributed by atoms with Crippen molar-refractivity contribution < 1.29 is 9.59 Å². The molecule has 0 atom stereocenters. The monoisotopic (exact) mass is 496 g/mol. The maximum absolute atomic E-state index is 13.2. The number of hydrogen-bond donors (Lipinski definition) is 1.